The smallest absolute Gasteiger partial charge is 0.416 e. The van der Waals surface area contributed by atoms with Crippen LogP contribution in [0, 0.1) is 13.8 Å². The summed E-state index contributed by atoms with van der Waals surface area (Å²) in [5.41, 5.74) is 1.84. The molecule has 0 aliphatic rings. The average Bonchev–Trinajstić information content (AvgIpc) is 3.28. The van der Waals surface area contributed by atoms with Gasteiger partial charge in [-0.3, -0.25) is 9.52 Å². The second-order valence-corrected chi connectivity index (χ2v) is 10.6. The number of anilines is 1. The van der Waals surface area contributed by atoms with Gasteiger partial charge in [-0.1, -0.05) is 29.8 Å². The third kappa shape index (κ3) is 7.86. The molecule has 0 spiro atoms. The highest BCUT2D eigenvalue weighted by atomic mass is 32.2. The molecule has 1 heterocycles. The maximum Gasteiger partial charge on any atom is 0.416 e. The van der Waals surface area contributed by atoms with Crippen LogP contribution in [0.5, 0.6) is 5.75 Å². The van der Waals surface area contributed by atoms with E-state index in [0.717, 1.165) is 24.6 Å². The van der Waals surface area contributed by atoms with Gasteiger partial charge in [0.25, 0.3) is 0 Å². The van der Waals surface area contributed by atoms with Gasteiger partial charge in [0.15, 0.2) is 0 Å². The maximum absolute atomic E-state index is 12.9. The van der Waals surface area contributed by atoms with E-state index in [0.29, 0.717) is 38.5 Å². The molecule has 0 aliphatic carbocycles. The summed E-state index contributed by atoms with van der Waals surface area (Å²) in [6.07, 6.45) is -4.44. The minimum Gasteiger partial charge on any atom is -0.487 e. The number of aromatic nitrogens is 1. The fraction of sp³-hybridized carbons (Fsp3) is 0.214. The van der Waals surface area contributed by atoms with Gasteiger partial charge in [-0.05, 0) is 72.4 Å². The summed E-state index contributed by atoms with van der Waals surface area (Å²) in [6.45, 7) is 4.38. The molecule has 0 radical (unpaired) electrons. The van der Waals surface area contributed by atoms with Crippen molar-refractivity contribution in [2.24, 2.45) is 0 Å². The molecule has 3 aromatic carbocycles. The van der Waals surface area contributed by atoms with Crippen LogP contribution in [0.1, 0.15) is 35.1 Å². The molecule has 0 aliphatic heterocycles. The number of nitrogens with zero attached hydrogens (tertiary/aromatic N) is 2. The number of aryl methyl sites for hydroxylation is 2. The number of rotatable bonds is 10. The number of oxazole rings is 1. The van der Waals surface area contributed by atoms with Gasteiger partial charge in [0.05, 0.1) is 12.1 Å². The van der Waals surface area contributed by atoms with E-state index < -0.39 is 27.9 Å². The van der Waals surface area contributed by atoms with E-state index in [9.17, 15) is 26.4 Å². The quantitative estimate of drug-likeness (QED) is 0.220. The number of ether oxygens (including phenoxy) is 1. The fourth-order valence-corrected chi connectivity index (χ4v) is 4.67. The predicted molar refractivity (Wildman–Crippen MR) is 143 cm³/mol. The summed E-state index contributed by atoms with van der Waals surface area (Å²) in [7, 11) is -4.24. The number of benzene rings is 3. The number of carbonyl (C=O) groups excluding carboxylic acids is 1. The number of carbonyl (C=O) groups is 1. The first-order valence-electron chi connectivity index (χ1n) is 12.2. The van der Waals surface area contributed by atoms with E-state index in [1.807, 2.05) is 6.92 Å². The summed E-state index contributed by atoms with van der Waals surface area (Å²) < 4.78 is 78.6. The summed E-state index contributed by atoms with van der Waals surface area (Å²) in [5, 5.41) is 0. The largest absolute Gasteiger partial charge is 0.487 e. The average molecular weight is 590 g/mol. The van der Waals surface area contributed by atoms with Gasteiger partial charge in [0, 0.05) is 18.2 Å². The van der Waals surface area contributed by atoms with Crippen molar-refractivity contribution in [2.45, 2.75) is 40.1 Å². The van der Waals surface area contributed by atoms with Crippen LogP contribution in [0.2, 0.25) is 0 Å². The first-order valence-corrected chi connectivity index (χ1v) is 13.7. The zero-order chi connectivity index (χ0) is 29.8. The summed E-state index contributed by atoms with van der Waals surface area (Å²) in [5.74, 6) is 0.237. The number of hydrogen-bond donors (Lipinski definition) is 1. The van der Waals surface area contributed by atoms with Crippen LogP contribution >= 0.6 is 0 Å². The highest BCUT2D eigenvalue weighted by molar-refractivity contribution is 7.90. The molecule has 1 aromatic heterocycles. The first kappa shape index (κ1) is 29.6. The Morgan fingerprint density at radius 1 is 0.976 bits per heavy atom. The Kier molecular flexibility index (Phi) is 8.69. The van der Waals surface area contributed by atoms with Gasteiger partial charge < -0.3 is 14.0 Å². The number of alkyl halides is 3. The van der Waals surface area contributed by atoms with Crippen molar-refractivity contribution in [1.29, 1.82) is 0 Å². The van der Waals surface area contributed by atoms with E-state index in [2.05, 4.69) is 9.71 Å². The number of halogens is 3. The first-order chi connectivity index (χ1) is 19.3. The normalized spacial score (nSPS) is 11.9. The van der Waals surface area contributed by atoms with E-state index in [1.54, 1.807) is 55.5 Å². The molecule has 0 fully saturated rings. The molecule has 0 atom stereocenters. The van der Waals surface area contributed by atoms with E-state index in [1.165, 1.54) is 12.1 Å². The molecule has 0 unspecified atom stereocenters. The van der Waals surface area contributed by atoms with Crippen molar-refractivity contribution < 1.29 is 40.4 Å². The second kappa shape index (κ2) is 12.0. The van der Waals surface area contributed by atoms with Gasteiger partial charge >= 0.3 is 22.4 Å². The summed E-state index contributed by atoms with van der Waals surface area (Å²) in [6, 6.07) is 17.6. The molecule has 1 N–H and O–H groups in total. The maximum atomic E-state index is 12.9. The molecular weight excluding hydrogens is 563 g/mol. The van der Waals surface area contributed by atoms with Crippen LogP contribution in [-0.2, 0) is 39.2 Å². The Morgan fingerprint density at radius 3 is 2.20 bits per heavy atom. The molecule has 216 valence electrons. The lowest BCUT2D eigenvalue weighted by molar-refractivity contribution is -0.167. The van der Waals surface area contributed by atoms with Crippen LogP contribution in [-0.4, -0.2) is 23.8 Å². The molecular formula is C28H26F3N3O6S. The lowest BCUT2D eigenvalue weighted by Gasteiger charge is -2.21. The summed E-state index contributed by atoms with van der Waals surface area (Å²) in [4.78, 5) is 20.9. The van der Waals surface area contributed by atoms with Crippen molar-refractivity contribution in [2.75, 3.05) is 4.72 Å². The third-order valence-corrected chi connectivity index (χ3v) is 6.99. The zero-order valence-electron chi connectivity index (χ0n) is 22.2. The van der Waals surface area contributed by atoms with Crippen molar-refractivity contribution in [3.63, 3.8) is 0 Å². The van der Waals surface area contributed by atoms with Crippen LogP contribution in [0.15, 0.2) is 77.2 Å². The van der Waals surface area contributed by atoms with Crippen molar-refractivity contribution in [3.05, 3.63) is 101 Å². The van der Waals surface area contributed by atoms with Gasteiger partial charge in [0.1, 0.15) is 23.8 Å². The molecule has 0 amide bonds. The lowest BCUT2D eigenvalue weighted by atomic mass is 10.1. The molecule has 4 rings (SSSR count). The van der Waals surface area contributed by atoms with Gasteiger partial charge in [-0.15, -0.1) is 0 Å². The highest BCUT2D eigenvalue weighted by Crippen LogP contribution is 2.31. The SMILES string of the molecule is CC(=O)ON(Cc1ccc(OCc2nc(-c3ccc(C(F)(F)F)cc3)oc2C)cc1)S(=O)(=O)Nc1ccc(C)cc1. The third-order valence-electron chi connectivity index (χ3n) is 5.76. The molecule has 41 heavy (non-hydrogen) atoms. The molecule has 9 nitrogen and oxygen atoms in total. The molecule has 0 saturated heterocycles. The minimum absolute atomic E-state index is 0.0176. The second-order valence-electron chi connectivity index (χ2n) is 9.05. The predicted octanol–water partition coefficient (Wildman–Crippen LogP) is 6.19. The van der Waals surface area contributed by atoms with Crippen LogP contribution in [0.4, 0.5) is 18.9 Å². The number of hydrogen-bond acceptors (Lipinski definition) is 7. The van der Waals surface area contributed by atoms with Gasteiger partial charge in [-0.2, -0.15) is 21.6 Å². The molecule has 13 heteroatoms. The van der Waals surface area contributed by atoms with Crippen LogP contribution in [0.3, 0.4) is 0 Å². The Morgan fingerprint density at radius 2 is 1.61 bits per heavy atom. The van der Waals surface area contributed by atoms with Crippen molar-refractivity contribution in [1.82, 2.24) is 9.45 Å². The Balaban J connectivity index is 1.40. The van der Waals surface area contributed by atoms with Crippen molar-refractivity contribution >= 4 is 21.9 Å². The van der Waals surface area contributed by atoms with Crippen molar-refractivity contribution in [3.8, 4) is 17.2 Å². The topological polar surface area (TPSA) is 111 Å². The van der Waals surface area contributed by atoms with Gasteiger partial charge in [0.2, 0.25) is 5.89 Å². The van der Waals surface area contributed by atoms with Gasteiger partial charge in [-0.25, -0.2) is 4.98 Å². The van der Waals surface area contributed by atoms with Crippen LogP contribution in [0.25, 0.3) is 11.5 Å². The number of hydroxylamine groups is 1. The van der Waals surface area contributed by atoms with Crippen LogP contribution < -0.4 is 9.46 Å². The van der Waals surface area contributed by atoms with E-state index in [-0.39, 0.29) is 19.0 Å². The summed E-state index contributed by atoms with van der Waals surface area (Å²) >= 11 is 0. The minimum atomic E-state index is -4.44. The lowest BCUT2D eigenvalue weighted by Crippen LogP contribution is -2.36. The highest BCUT2D eigenvalue weighted by Gasteiger charge is 2.30. The Labute approximate surface area is 234 Å². The molecule has 0 saturated carbocycles. The Bertz CT molecular complexity index is 1600. The standard InChI is InChI=1S/C28H26F3N3O6S/c1-18-4-12-24(13-5-18)33-41(36,37)34(40-20(3)35)16-21-6-14-25(15-7-21)38-17-26-19(2)39-27(32-26)22-8-10-23(11-9-22)28(29,30)31/h4-15,33H,16-17H2,1-3H3. The number of nitrogens with one attached hydrogen (secondary N) is 1. The van der Waals surface area contributed by atoms with E-state index in [4.69, 9.17) is 14.0 Å². The Hall–Kier alpha value is -4.36. The molecule has 0 bridgehead atoms. The monoisotopic (exact) mass is 589 g/mol. The molecule has 4 aromatic rings. The fourth-order valence-electron chi connectivity index (χ4n) is 3.61. The zero-order valence-corrected chi connectivity index (χ0v) is 23.0. The van der Waals surface area contributed by atoms with E-state index >= 15 is 0 Å².